The van der Waals surface area contributed by atoms with Gasteiger partial charge in [0.1, 0.15) is 4.90 Å². The van der Waals surface area contributed by atoms with Gasteiger partial charge < -0.3 is 0 Å². The zero-order valence-corrected chi connectivity index (χ0v) is 12.1. The molecular formula is C8H6Cl3N5O2S. The van der Waals surface area contributed by atoms with Gasteiger partial charge in [0.2, 0.25) is 10.0 Å². The van der Waals surface area contributed by atoms with E-state index in [0.29, 0.717) is 0 Å². The van der Waals surface area contributed by atoms with Crippen LogP contribution in [0.1, 0.15) is 5.82 Å². The Kier molecular flexibility index (Phi) is 4.26. The molecule has 0 bridgehead atoms. The predicted octanol–water partition coefficient (Wildman–Crippen LogP) is 1.64. The van der Waals surface area contributed by atoms with Crippen molar-refractivity contribution in [3.63, 3.8) is 0 Å². The first-order chi connectivity index (χ1) is 8.90. The number of aromatic amines is 1. The van der Waals surface area contributed by atoms with Crippen molar-refractivity contribution in [1.29, 1.82) is 0 Å². The van der Waals surface area contributed by atoms with Crippen molar-refractivity contribution in [3.05, 3.63) is 33.0 Å². The summed E-state index contributed by atoms with van der Waals surface area (Å²) in [5, 5.41) is 12.8. The van der Waals surface area contributed by atoms with Crippen LogP contribution in [-0.4, -0.2) is 29.0 Å². The Hall–Kier alpha value is -0.930. The lowest BCUT2D eigenvalue weighted by Crippen LogP contribution is -2.24. The summed E-state index contributed by atoms with van der Waals surface area (Å²) in [4.78, 5) is -0.247. The van der Waals surface area contributed by atoms with Gasteiger partial charge in [0.25, 0.3) is 0 Å². The third-order valence-electron chi connectivity index (χ3n) is 2.04. The van der Waals surface area contributed by atoms with E-state index < -0.39 is 10.0 Å². The fourth-order valence-corrected chi connectivity index (χ4v) is 3.80. The van der Waals surface area contributed by atoms with Crippen molar-refractivity contribution in [1.82, 2.24) is 25.3 Å². The molecule has 1 aromatic carbocycles. The van der Waals surface area contributed by atoms with E-state index in [1.54, 1.807) is 0 Å². The van der Waals surface area contributed by atoms with Crippen LogP contribution in [0.3, 0.4) is 0 Å². The molecule has 0 unspecified atom stereocenters. The van der Waals surface area contributed by atoms with E-state index in [0.717, 1.165) is 0 Å². The highest BCUT2D eigenvalue weighted by Gasteiger charge is 2.22. The van der Waals surface area contributed by atoms with E-state index in [2.05, 4.69) is 25.3 Å². The van der Waals surface area contributed by atoms with Crippen LogP contribution in [-0.2, 0) is 16.6 Å². The number of halogens is 3. The van der Waals surface area contributed by atoms with Crippen LogP contribution in [0, 0.1) is 0 Å². The predicted molar refractivity (Wildman–Crippen MR) is 69.7 cm³/mol. The topological polar surface area (TPSA) is 101 Å². The van der Waals surface area contributed by atoms with E-state index in [1.807, 2.05) is 0 Å². The summed E-state index contributed by atoms with van der Waals surface area (Å²) in [7, 11) is -3.91. The second-order valence-electron chi connectivity index (χ2n) is 3.35. The van der Waals surface area contributed by atoms with Gasteiger partial charge in [0, 0.05) is 5.02 Å². The number of hydrogen-bond acceptors (Lipinski definition) is 5. The fraction of sp³-hybridized carbons (Fsp3) is 0.125. The van der Waals surface area contributed by atoms with Crippen molar-refractivity contribution < 1.29 is 8.42 Å². The summed E-state index contributed by atoms with van der Waals surface area (Å²) in [6, 6.07) is 2.58. The molecule has 2 aromatic rings. The maximum absolute atomic E-state index is 12.1. The van der Waals surface area contributed by atoms with Gasteiger partial charge in [-0.3, -0.25) is 0 Å². The summed E-state index contributed by atoms with van der Waals surface area (Å²) in [6.07, 6.45) is 0. The largest absolute Gasteiger partial charge is 0.243 e. The number of sulfonamides is 1. The summed E-state index contributed by atoms with van der Waals surface area (Å²) in [6.45, 7) is -0.145. The molecule has 0 spiro atoms. The molecule has 0 radical (unpaired) electrons. The number of hydrogen-bond donors (Lipinski definition) is 2. The van der Waals surface area contributed by atoms with E-state index in [-0.39, 0.29) is 32.3 Å². The smallest absolute Gasteiger partial charge is 0.207 e. The molecular weight excluding hydrogens is 337 g/mol. The van der Waals surface area contributed by atoms with Crippen LogP contribution in [0.4, 0.5) is 0 Å². The molecule has 7 nitrogen and oxygen atoms in total. The van der Waals surface area contributed by atoms with Crippen LogP contribution in [0.2, 0.25) is 15.1 Å². The lowest BCUT2D eigenvalue weighted by molar-refractivity contribution is 0.579. The Labute approximate surface area is 123 Å². The number of rotatable bonds is 4. The SMILES string of the molecule is O=S(=O)(NCc1nn[nH]n1)c1c(Cl)cc(Cl)cc1Cl. The lowest BCUT2D eigenvalue weighted by atomic mass is 10.4. The Balaban J connectivity index is 2.29. The molecule has 0 atom stereocenters. The van der Waals surface area contributed by atoms with Gasteiger partial charge in [-0.25, -0.2) is 13.1 Å². The highest BCUT2D eigenvalue weighted by molar-refractivity contribution is 7.89. The van der Waals surface area contributed by atoms with Crippen molar-refractivity contribution in [2.45, 2.75) is 11.4 Å². The van der Waals surface area contributed by atoms with Gasteiger partial charge in [-0.05, 0) is 12.1 Å². The van der Waals surface area contributed by atoms with Crippen molar-refractivity contribution >= 4 is 44.8 Å². The van der Waals surface area contributed by atoms with Gasteiger partial charge in [0.15, 0.2) is 5.82 Å². The molecule has 11 heteroatoms. The normalized spacial score (nSPS) is 11.7. The zero-order valence-electron chi connectivity index (χ0n) is 9.06. The summed E-state index contributed by atoms with van der Waals surface area (Å²) in [5.41, 5.74) is 0. The monoisotopic (exact) mass is 341 g/mol. The van der Waals surface area contributed by atoms with E-state index in [1.165, 1.54) is 12.1 Å². The highest BCUT2D eigenvalue weighted by atomic mass is 35.5. The minimum atomic E-state index is -3.91. The molecule has 2 rings (SSSR count). The number of benzene rings is 1. The summed E-state index contributed by atoms with van der Waals surface area (Å²) in [5.74, 6) is 0.185. The molecule has 1 heterocycles. The molecule has 19 heavy (non-hydrogen) atoms. The minimum Gasteiger partial charge on any atom is -0.207 e. The summed E-state index contributed by atoms with van der Waals surface area (Å²) >= 11 is 17.4. The summed E-state index contributed by atoms with van der Waals surface area (Å²) < 4.78 is 26.4. The van der Waals surface area contributed by atoms with Crippen LogP contribution in [0.25, 0.3) is 0 Å². The molecule has 0 fully saturated rings. The molecule has 0 aliphatic rings. The molecule has 2 N–H and O–H groups in total. The number of aromatic nitrogens is 4. The van der Waals surface area contributed by atoms with Crippen molar-refractivity contribution in [2.24, 2.45) is 0 Å². The number of tetrazole rings is 1. The van der Waals surface area contributed by atoms with Crippen molar-refractivity contribution in [3.8, 4) is 0 Å². The maximum atomic E-state index is 12.1. The molecule has 0 amide bonds. The second-order valence-corrected chi connectivity index (χ2v) is 6.31. The quantitative estimate of drug-likeness (QED) is 0.879. The Morgan fingerprint density at radius 3 is 2.37 bits per heavy atom. The Morgan fingerprint density at radius 2 is 1.84 bits per heavy atom. The molecule has 1 aromatic heterocycles. The molecule has 0 saturated heterocycles. The number of H-pyrrole nitrogens is 1. The van der Waals surface area contributed by atoms with Gasteiger partial charge >= 0.3 is 0 Å². The van der Waals surface area contributed by atoms with Crippen LogP contribution >= 0.6 is 34.8 Å². The maximum Gasteiger partial charge on any atom is 0.243 e. The van der Waals surface area contributed by atoms with Gasteiger partial charge in [-0.1, -0.05) is 40.0 Å². The van der Waals surface area contributed by atoms with E-state index in [4.69, 9.17) is 34.8 Å². The highest BCUT2D eigenvalue weighted by Crippen LogP contribution is 2.32. The van der Waals surface area contributed by atoms with Crippen LogP contribution < -0.4 is 4.72 Å². The third-order valence-corrected chi connectivity index (χ3v) is 4.58. The molecule has 0 saturated carbocycles. The lowest BCUT2D eigenvalue weighted by Gasteiger charge is -2.09. The van der Waals surface area contributed by atoms with Gasteiger partial charge in [-0.15, -0.1) is 10.2 Å². The number of nitrogens with one attached hydrogen (secondary N) is 2. The van der Waals surface area contributed by atoms with E-state index in [9.17, 15) is 8.42 Å². The Morgan fingerprint density at radius 1 is 1.21 bits per heavy atom. The standard InChI is InChI=1S/C8H6Cl3N5O2S/c9-4-1-5(10)8(6(11)2-4)19(17,18)12-3-7-13-15-16-14-7/h1-2,12H,3H2,(H,13,14,15,16). The van der Waals surface area contributed by atoms with E-state index >= 15 is 0 Å². The molecule has 0 aliphatic carbocycles. The van der Waals surface area contributed by atoms with Crippen LogP contribution in [0.15, 0.2) is 17.0 Å². The first-order valence-electron chi connectivity index (χ1n) is 4.76. The second kappa shape index (κ2) is 5.59. The Bertz CT molecular complexity index is 665. The average Bonchev–Trinajstić information content (AvgIpc) is 2.77. The van der Waals surface area contributed by atoms with Crippen molar-refractivity contribution in [2.75, 3.05) is 0 Å². The molecule has 102 valence electrons. The first-order valence-corrected chi connectivity index (χ1v) is 7.38. The minimum absolute atomic E-state index is 0.0712. The zero-order chi connectivity index (χ0) is 14.0. The van der Waals surface area contributed by atoms with Gasteiger partial charge in [0.05, 0.1) is 16.6 Å². The molecule has 0 aliphatic heterocycles. The third kappa shape index (κ3) is 3.34. The van der Waals surface area contributed by atoms with Crippen LogP contribution in [0.5, 0.6) is 0 Å². The average molecular weight is 343 g/mol. The number of nitrogens with zero attached hydrogens (tertiary/aromatic N) is 3. The first kappa shape index (κ1) is 14.5. The van der Waals surface area contributed by atoms with Gasteiger partial charge in [-0.2, -0.15) is 5.21 Å². The fourth-order valence-electron chi connectivity index (χ4n) is 1.27.